The van der Waals surface area contributed by atoms with Crippen LogP contribution in [0.4, 0.5) is 0 Å². The van der Waals surface area contributed by atoms with Gasteiger partial charge in [0.25, 0.3) is 5.91 Å². The van der Waals surface area contributed by atoms with Gasteiger partial charge in [0.05, 0.1) is 6.42 Å². The van der Waals surface area contributed by atoms with Crippen molar-refractivity contribution in [1.29, 1.82) is 0 Å². The van der Waals surface area contributed by atoms with Gasteiger partial charge in [0, 0.05) is 17.7 Å². The van der Waals surface area contributed by atoms with E-state index < -0.39 is 11.9 Å². The summed E-state index contributed by atoms with van der Waals surface area (Å²) in [5.74, 6) is -0.666. The highest BCUT2D eigenvalue weighted by atomic mass is 16.5. The first kappa shape index (κ1) is 14.6. The molecule has 1 saturated heterocycles. The summed E-state index contributed by atoms with van der Waals surface area (Å²) in [7, 11) is 0. The van der Waals surface area contributed by atoms with Gasteiger partial charge >= 0.3 is 0 Å². The number of nitrogens with one attached hydrogen (secondary N) is 1. The van der Waals surface area contributed by atoms with Crippen molar-refractivity contribution in [1.82, 2.24) is 15.4 Å². The maximum atomic E-state index is 12.8. The maximum Gasteiger partial charge on any atom is 0.277 e. The molecule has 0 radical (unpaired) electrons. The van der Waals surface area contributed by atoms with Crippen molar-refractivity contribution in [3.8, 4) is 11.3 Å². The molecule has 7 heteroatoms. The highest BCUT2D eigenvalue weighted by Gasteiger charge is 2.45. The fourth-order valence-corrected chi connectivity index (χ4v) is 2.93. The zero-order valence-corrected chi connectivity index (χ0v) is 12.8. The summed E-state index contributed by atoms with van der Waals surface area (Å²) in [5, 5.41) is 6.11. The van der Waals surface area contributed by atoms with Crippen molar-refractivity contribution in [3.05, 3.63) is 42.1 Å². The second-order valence-corrected chi connectivity index (χ2v) is 6.02. The Balaban J connectivity index is 1.61. The number of carbonyl (C=O) groups is 3. The molecular weight excluding hydrogens is 310 g/mol. The second kappa shape index (κ2) is 5.59. The van der Waals surface area contributed by atoms with Gasteiger partial charge in [0.2, 0.25) is 11.8 Å². The molecule has 2 aromatic rings. The molecule has 1 atom stereocenters. The molecule has 1 unspecified atom stereocenters. The molecule has 2 heterocycles. The number of hydrogen-bond donors (Lipinski definition) is 1. The van der Waals surface area contributed by atoms with Crippen LogP contribution in [0.1, 0.15) is 29.8 Å². The summed E-state index contributed by atoms with van der Waals surface area (Å²) in [6, 6.07) is 10.1. The number of benzene rings is 1. The average Bonchev–Trinajstić information content (AvgIpc) is 3.18. The summed E-state index contributed by atoms with van der Waals surface area (Å²) >= 11 is 0. The third-order valence-electron chi connectivity index (χ3n) is 4.24. The van der Waals surface area contributed by atoms with Crippen molar-refractivity contribution in [2.24, 2.45) is 0 Å². The lowest BCUT2D eigenvalue weighted by Crippen LogP contribution is -2.46. The molecule has 1 aromatic carbocycles. The van der Waals surface area contributed by atoms with Crippen LogP contribution in [0.2, 0.25) is 0 Å². The van der Waals surface area contributed by atoms with Crippen molar-refractivity contribution < 1.29 is 18.9 Å². The van der Waals surface area contributed by atoms with Gasteiger partial charge in [-0.15, -0.1) is 0 Å². The lowest BCUT2D eigenvalue weighted by atomic mass is 10.1. The number of rotatable bonds is 4. The SMILES string of the molecule is O=C1CC(N(C(=O)c2cc(-c3ccccc3)on2)C2CC2)C(=O)N1. The van der Waals surface area contributed by atoms with Crippen LogP contribution in [-0.2, 0) is 9.59 Å². The minimum absolute atomic E-state index is 0.00443. The van der Waals surface area contributed by atoms with Gasteiger partial charge in [-0.2, -0.15) is 0 Å². The molecule has 1 aliphatic carbocycles. The smallest absolute Gasteiger partial charge is 0.277 e. The van der Waals surface area contributed by atoms with Gasteiger partial charge in [-0.1, -0.05) is 35.5 Å². The first-order chi connectivity index (χ1) is 11.6. The monoisotopic (exact) mass is 325 g/mol. The minimum atomic E-state index is -0.755. The van der Waals surface area contributed by atoms with E-state index in [4.69, 9.17) is 4.52 Å². The Kier molecular flexibility index (Phi) is 3.41. The van der Waals surface area contributed by atoms with Crippen LogP contribution in [0.5, 0.6) is 0 Å². The Morgan fingerprint density at radius 1 is 1.21 bits per heavy atom. The quantitative estimate of drug-likeness (QED) is 0.857. The average molecular weight is 325 g/mol. The first-order valence-electron chi connectivity index (χ1n) is 7.82. The molecule has 3 amide bonds. The molecule has 2 fully saturated rings. The highest BCUT2D eigenvalue weighted by molar-refractivity contribution is 6.08. The van der Waals surface area contributed by atoms with E-state index in [9.17, 15) is 14.4 Å². The molecule has 24 heavy (non-hydrogen) atoms. The fraction of sp³-hybridized carbons (Fsp3) is 0.294. The van der Waals surface area contributed by atoms with Crippen LogP contribution in [0.15, 0.2) is 40.9 Å². The van der Waals surface area contributed by atoms with Gasteiger partial charge in [0.1, 0.15) is 6.04 Å². The summed E-state index contributed by atoms with van der Waals surface area (Å²) in [6.07, 6.45) is 1.66. The van der Waals surface area contributed by atoms with Gasteiger partial charge in [0.15, 0.2) is 11.5 Å². The number of hydrogen-bond acceptors (Lipinski definition) is 5. The molecule has 7 nitrogen and oxygen atoms in total. The van der Waals surface area contributed by atoms with Crippen molar-refractivity contribution in [2.75, 3.05) is 0 Å². The van der Waals surface area contributed by atoms with Crippen molar-refractivity contribution in [3.63, 3.8) is 0 Å². The van der Waals surface area contributed by atoms with E-state index in [1.807, 2.05) is 30.3 Å². The largest absolute Gasteiger partial charge is 0.355 e. The van der Waals surface area contributed by atoms with Crippen LogP contribution in [0, 0.1) is 0 Å². The van der Waals surface area contributed by atoms with Crippen LogP contribution >= 0.6 is 0 Å². The highest BCUT2D eigenvalue weighted by Crippen LogP contribution is 2.32. The van der Waals surface area contributed by atoms with Gasteiger partial charge in [-0.3, -0.25) is 19.7 Å². The normalized spacial score (nSPS) is 20.1. The Hall–Kier alpha value is -2.96. The van der Waals surface area contributed by atoms with E-state index in [1.54, 1.807) is 6.07 Å². The molecule has 4 rings (SSSR count). The summed E-state index contributed by atoms with van der Waals surface area (Å²) in [5.41, 5.74) is 0.962. The van der Waals surface area contributed by atoms with Crippen LogP contribution in [0.3, 0.4) is 0 Å². The second-order valence-electron chi connectivity index (χ2n) is 6.02. The van der Waals surface area contributed by atoms with E-state index in [2.05, 4.69) is 10.5 Å². The number of imide groups is 1. The van der Waals surface area contributed by atoms with Crippen LogP contribution in [-0.4, -0.2) is 39.9 Å². The van der Waals surface area contributed by atoms with E-state index in [1.165, 1.54) is 4.90 Å². The van der Waals surface area contributed by atoms with E-state index in [-0.39, 0.29) is 30.0 Å². The number of nitrogens with zero attached hydrogens (tertiary/aromatic N) is 2. The third kappa shape index (κ3) is 2.58. The zero-order valence-electron chi connectivity index (χ0n) is 12.8. The Bertz CT molecular complexity index is 810. The lowest BCUT2D eigenvalue weighted by Gasteiger charge is -2.25. The molecule has 0 spiro atoms. The fourth-order valence-electron chi connectivity index (χ4n) is 2.93. The molecule has 122 valence electrons. The number of amides is 3. The van der Waals surface area contributed by atoms with Gasteiger partial charge < -0.3 is 9.42 Å². The maximum absolute atomic E-state index is 12.8. The van der Waals surface area contributed by atoms with Crippen LogP contribution in [0.25, 0.3) is 11.3 Å². The minimum Gasteiger partial charge on any atom is -0.355 e. The third-order valence-corrected chi connectivity index (χ3v) is 4.24. The first-order valence-corrected chi connectivity index (χ1v) is 7.82. The molecule has 1 aromatic heterocycles. The molecule has 1 N–H and O–H groups in total. The van der Waals surface area contributed by atoms with Crippen molar-refractivity contribution in [2.45, 2.75) is 31.3 Å². The lowest BCUT2D eigenvalue weighted by molar-refractivity contribution is -0.126. The molecule has 0 bridgehead atoms. The number of carbonyl (C=O) groups excluding carboxylic acids is 3. The Labute approximate surface area is 137 Å². The standard InChI is InChI=1S/C17H15N3O4/c21-15-9-13(16(22)18-15)20(11-6-7-11)17(23)12-8-14(24-19-12)10-4-2-1-3-5-10/h1-5,8,11,13H,6-7,9H2,(H,18,21,22). The zero-order chi connectivity index (χ0) is 16.7. The molecule has 2 aliphatic rings. The van der Waals surface area contributed by atoms with E-state index in [0.29, 0.717) is 5.76 Å². The van der Waals surface area contributed by atoms with Gasteiger partial charge in [-0.05, 0) is 12.8 Å². The summed E-state index contributed by atoms with van der Waals surface area (Å²) < 4.78 is 5.27. The Morgan fingerprint density at radius 3 is 2.58 bits per heavy atom. The van der Waals surface area contributed by atoms with E-state index in [0.717, 1.165) is 18.4 Å². The summed E-state index contributed by atoms with van der Waals surface area (Å²) in [4.78, 5) is 37.7. The summed E-state index contributed by atoms with van der Waals surface area (Å²) in [6.45, 7) is 0. The molecule has 1 aliphatic heterocycles. The number of aromatic nitrogens is 1. The van der Waals surface area contributed by atoms with Crippen LogP contribution < -0.4 is 5.32 Å². The predicted molar refractivity (Wildman–Crippen MR) is 82.7 cm³/mol. The Morgan fingerprint density at radius 2 is 1.96 bits per heavy atom. The van der Waals surface area contributed by atoms with Gasteiger partial charge in [-0.25, -0.2) is 0 Å². The van der Waals surface area contributed by atoms with Crippen molar-refractivity contribution >= 4 is 17.7 Å². The topological polar surface area (TPSA) is 92.5 Å². The predicted octanol–water partition coefficient (Wildman–Crippen LogP) is 1.36. The molecule has 1 saturated carbocycles. The molecular formula is C17H15N3O4. The van der Waals surface area contributed by atoms with E-state index >= 15 is 0 Å².